The van der Waals surface area contributed by atoms with Gasteiger partial charge in [-0.2, -0.15) is 0 Å². The average molecular weight is 409 g/mol. The quantitative estimate of drug-likeness (QED) is 0.718. The van der Waals surface area contributed by atoms with Gasteiger partial charge in [0.05, 0.1) is 10.5 Å². The summed E-state index contributed by atoms with van der Waals surface area (Å²) >= 11 is 3.34. The molecule has 0 aliphatic rings. The second kappa shape index (κ2) is 5.68. The minimum absolute atomic E-state index is 0.178. The predicted octanol–water partition coefficient (Wildman–Crippen LogP) is 3.57. The maximum Gasteiger partial charge on any atom is 0.269 e. The van der Waals surface area contributed by atoms with Crippen LogP contribution in [0.1, 0.15) is 25.0 Å². The van der Waals surface area contributed by atoms with Crippen molar-refractivity contribution in [2.45, 2.75) is 31.3 Å². The van der Waals surface area contributed by atoms with E-state index in [9.17, 15) is 13.5 Å². The topological polar surface area (TPSA) is 72.2 Å². The van der Waals surface area contributed by atoms with Crippen molar-refractivity contribution in [1.29, 1.82) is 0 Å². The summed E-state index contributed by atoms with van der Waals surface area (Å²) in [5.41, 5.74) is 0.567. The van der Waals surface area contributed by atoms with E-state index >= 15 is 0 Å². The van der Waals surface area contributed by atoms with Gasteiger partial charge in [0.15, 0.2) is 5.65 Å². The first kappa shape index (κ1) is 17.1. The molecular weight excluding hydrogens is 392 g/mol. The van der Waals surface area contributed by atoms with Crippen molar-refractivity contribution in [2.75, 3.05) is 0 Å². The third kappa shape index (κ3) is 2.87. The van der Waals surface area contributed by atoms with Gasteiger partial charge in [-0.1, -0.05) is 17.7 Å². The zero-order chi connectivity index (χ0) is 17.7. The molecule has 126 valence electrons. The molecule has 0 saturated heterocycles. The van der Waals surface area contributed by atoms with E-state index in [0.717, 1.165) is 9.54 Å². The second-order valence-electron chi connectivity index (χ2n) is 6.24. The highest BCUT2D eigenvalue weighted by atomic mass is 79.9. The molecule has 2 heterocycles. The van der Waals surface area contributed by atoms with Gasteiger partial charge in [0.25, 0.3) is 10.0 Å². The number of rotatable bonds is 3. The molecule has 1 N–H and O–H groups in total. The number of benzene rings is 1. The van der Waals surface area contributed by atoms with Crippen LogP contribution < -0.4 is 0 Å². The standard InChI is InChI=1S/C17H17BrN2O3S/c1-11-4-6-13(7-5-11)24(22,23)20-10-15(17(2,3)21)14-8-12(18)9-19-16(14)20/h4-10,21H,1-3H3. The van der Waals surface area contributed by atoms with E-state index in [-0.39, 0.29) is 10.5 Å². The molecule has 0 amide bonds. The van der Waals surface area contributed by atoms with Crippen LogP contribution in [0, 0.1) is 6.92 Å². The summed E-state index contributed by atoms with van der Waals surface area (Å²) in [6, 6.07) is 8.40. The first-order chi connectivity index (χ1) is 11.1. The maximum absolute atomic E-state index is 13.0. The maximum atomic E-state index is 13.0. The van der Waals surface area contributed by atoms with Crippen LogP contribution >= 0.6 is 15.9 Å². The molecule has 0 bridgehead atoms. The van der Waals surface area contributed by atoms with E-state index in [1.807, 2.05) is 6.92 Å². The van der Waals surface area contributed by atoms with Gasteiger partial charge in [0.2, 0.25) is 0 Å². The molecule has 3 aromatic rings. The molecule has 24 heavy (non-hydrogen) atoms. The minimum Gasteiger partial charge on any atom is -0.386 e. The third-order valence-corrected chi connectivity index (χ3v) is 5.91. The van der Waals surface area contributed by atoms with E-state index in [0.29, 0.717) is 15.4 Å². The molecule has 0 fully saturated rings. The molecule has 0 unspecified atom stereocenters. The summed E-state index contributed by atoms with van der Waals surface area (Å²) in [7, 11) is -3.81. The molecule has 7 heteroatoms. The molecule has 3 rings (SSSR count). The Balaban J connectivity index is 2.32. The fourth-order valence-electron chi connectivity index (χ4n) is 2.55. The number of nitrogens with zero attached hydrogens (tertiary/aromatic N) is 2. The zero-order valence-corrected chi connectivity index (χ0v) is 15.9. The van der Waals surface area contributed by atoms with Crippen LogP contribution in [-0.2, 0) is 15.6 Å². The Morgan fingerprint density at radius 3 is 2.42 bits per heavy atom. The monoisotopic (exact) mass is 408 g/mol. The van der Waals surface area contributed by atoms with Crippen molar-refractivity contribution in [1.82, 2.24) is 8.96 Å². The summed E-state index contributed by atoms with van der Waals surface area (Å²) in [6.45, 7) is 5.13. The smallest absolute Gasteiger partial charge is 0.269 e. The van der Waals surface area contributed by atoms with Gasteiger partial charge >= 0.3 is 0 Å². The number of fused-ring (bicyclic) bond motifs is 1. The van der Waals surface area contributed by atoms with Gasteiger partial charge in [-0.15, -0.1) is 0 Å². The summed E-state index contributed by atoms with van der Waals surface area (Å²) < 4.78 is 27.9. The van der Waals surface area contributed by atoms with E-state index in [2.05, 4.69) is 20.9 Å². The van der Waals surface area contributed by atoms with Crippen LogP contribution in [0.4, 0.5) is 0 Å². The number of pyridine rings is 1. The lowest BCUT2D eigenvalue weighted by molar-refractivity contribution is 0.0801. The van der Waals surface area contributed by atoms with Gasteiger partial charge in [-0.25, -0.2) is 17.4 Å². The Bertz CT molecular complexity index is 1020. The predicted molar refractivity (Wildman–Crippen MR) is 96.4 cm³/mol. The van der Waals surface area contributed by atoms with Crippen LogP contribution in [-0.4, -0.2) is 22.5 Å². The molecule has 0 aliphatic heterocycles. The number of aryl methyl sites for hydroxylation is 1. The SMILES string of the molecule is Cc1ccc(S(=O)(=O)n2cc(C(C)(C)O)c3cc(Br)cnc32)cc1. The Labute approximate surface area is 149 Å². The number of halogens is 1. The van der Waals surface area contributed by atoms with Crippen LogP contribution in [0.15, 0.2) is 52.1 Å². The molecule has 0 radical (unpaired) electrons. The normalized spacial score (nSPS) is 12.7. The molecule has 0 aliphatic carbocycles. The van der Waals surface area contributed by atoms with E-state index < -0.39 is 15.6 Å². The van der Waals surface area contributed by atoms with Crippen molar-refractivity contribution in [2.24, 2.45) is 0 Å². The molecule has 0 saturated carbocycles. The summed E-state index contributed by atoms with van der Waals surface area (Å²) in [5, 5.41) is 11.0. The van der Waals surface area contributed by atoms with Gasteiger partial charge in [0, 0.05) is 27.8 Å². The zero-order valence-electron chi connectivity index (χ0n) is 13.5. The fraction of sp³-hybridized carbons (Fsp3) is 0.235. The van der Waals surface area contributed by atoms with Crippen LogP contribution in [0.5, 0.6) is 0 Å². The van der Waals surface area contributed by atoms with Crippen molar-refractivity contribution >= 4 is 37.0 Å². The van der Waals surface area contributed by atoms with Crippen molar-refractivity contribution in [3.05, 3.63) is 58.3 Å². The lowest BCUT2D eigenvalue weighted by atomic mass is 9.99. The van der Waals surface area contributed by atoms with Gasteiger partial charge < -0.3 is 5.11 Å². The van der Waals surface area contributed by atoms with E-state index in [1.54, 1.807) is 44.2 Å². The molecular formula is C17H17BrN2O3S. The first-order valence-corrected chi connectivity index (χ1v) is 9.56. The summed E-state index contributed by atoms with van der Waals surface area (Å²) in [6.07, 6.45) is 2.98. The molecule has 2 aromatic heterocycles. The summed E-state index contributed by atoms with van der Waals surface area (Å²) in [4.78, 5) is 4.43. The number of hydrogen-bond acceptors (Lipinski definition) is 4. The number of aromatic nitrogens is 2. The van der Waals surface area contributed by atoms with Crippen LogP contribution in [0.2, 0.25) is 0 Å². The Morgan fingerprint density at radius 1 is 1.21 bits per heavy atom. The second-order valence-corrected chi connectivity index (χ2v) is 8.97. The highest BCUT2D eigenvalue weighted by Gasteiger charge is 2.28. The highest BCUT2D eigenvalue weighted by molar-refractivity contribution is 9.10. The van der Waals surface area contributed by atoms with Gasteiger partial charge in [-0.05, 0) is 54.9 Å². The Morgan fingerprint density at radius 2 is 1.83 bits per heavy atom. The summed E-state index contributed by atoms with van der Waals surface area (Å²) in [5.74, 6) is 0. The lowest BCUT2D eigenvalue weighted by Gasteiger charge is -2.15. The fourth-order valence-corrected chi connectivity index (χ4v) is 4.20. The van der Waals surface area contributed by atoms with Crippen molar-refractivity contribution in [3.8, 4) is 0 Å². The molecule has 0 spiro atoms. The lowest BCUT2D eigenvalue weighted by Crippen LogP contribution is -2.16. The van der Waals surface area contributed by atoms with Gasteiger partial charge in [0.1, 0.15) is 0 Å². The van der Waals surface area contributed by atoms with Gasteiger partial charge in [-0.3, -0.25) is 0 Å². The van der Waals surface area contributed by atoms with Crippen LogP contribution in [0.3, 0.4) is 0 Å². The highest BCUT2D eigenvalue weighted by Crippen LogP contribution is 2.33. The third-order valence-electron chi connectivity index (χ3n) is 3.82. The largest absolute Gasteiger partial charge is 0.386 e. The van der Waals surface area contributed by atoms with Crippen molar-refractivity contribution < 1.29 is 13.5 Å². The molecule has 1 aromatic carbocycles. The minimum atomic E-state index is -3.81. The van der Waals surface area contributed by atoms with Crippen LogP contribution in [0.25, 0.3) is 11.0 Å². The Kier molecular flexibility index (Phi) is 4.06. The number of hydrogen-bond donors (Lipinski definition) is 1. The van der Waals surface area contributed by atoms with Crippen molar-refractivity contribution in [3.63, 3.8) is 0 Å². The first-order valence-electron chi connectivity index (χ1n) is 7.32. The molecule has 5 nitrogen and oxygen atoms in total. The molecule has 0 atom stereocenters. The average Bonchev–Trinajstić information content (AvgIpc) is 2.87. The van der Waals surface area contributed by atoms with E-state index in [1.165, 1.54) is 12.4 Å². The number of aliphatic hydroxyl groups is 1. The van der Waals surface area contributed by atoms with E-state index in [4.69, 9.17) is 0 Å². The Hall–Kier alpha value is -1.70.